The van der Waals surface area contributed by atoms with Gasteiger partial charge >= 0.3 is 0 Å². The van der Waals surface area contributed by atoms with Crippen molar-refractivity contribution >= 4 is 11.7 Å². The largest absolute Gasteiger partial charge is 0.409 e. The number of pyridine rings is 1. The molecular weight excluding hydrogens is 252 g/mol. The molecule has 0 amide bonds. The van der Waals surface area contributed by atoms with Crippen LogP contribution in [0.3, 0.4) is 0 Å². The van der Waals surface area contributed by atoms with Gasteiger partial charge in [-0.15, -0.1) is 0 Å². The van der Waals surface area contributed by atoms with E-state index in [-0.39, 0.29) is 5.84 Å². The monoisotopic (exact) mass is 276 g/mol. The van der Waals surface area contributed by atoms with Crippen molar-refractivity contribution in [2.45, 2.75) is 52.0 Å². The van der Waals surface area contributed by atoms with Crippen molar-refractivity contribution < 1.29 is 5.21 Å². The Labute approximate surface area is 120 Å². The van der Waals surface area contributed by atoms with Gasteiger partial charge in [-0.1, -0.05) is 24.4 Å². The highest BCUT2D eigenvalue weighted by molar-refractivity contribution is 6.02. The summed E-state index contributed by atoms with van der Waals surface area (Å²) in [4.78, 5) is 6.83. The third kappa shape index (κ3) is 2.86. The molecule has 1 aliphatic rings. The van der Waals surface area contributed by atoms with Crippen LogP contribution >= 0.6 is 0 Å². The molecule has 1 heterocycles. The second-order valence-corrected chi connectivity index (χ2v) is 5.67. The van der Waals surface area contributed by atoms with Crippen molar-refractivity contribution in [3.63, 3.8) is 0 Å². The van der Waals surface area contributed by atoms with Crippen LogP contribution in [0.2, 0.25) is 0 Å². The average molecular weight is 276 g/mol. The van der Waals surface area contributed by atoms with Crippen molar-refractivity contribution in [2.24, 2.45) is 10.9 Å². The molecule has 1 fully saturated rings. The molecule has 2 rings (SSSR count). The van der Waals surface area contributed by atoms with E-state index in [1.807, 2.05) is 19.9 Å². The SMILES string of the molecule is Cc1cc(C)c(C(N)=NO)c(N(C)C2CCCCC2)n1. The van der Waals surface area contributed by atoms with Crippen LogP contribution in [0.4, 0.5) is 5.82 Å². The third-order valence-corrected chi connectivity index (χ3v) is 4.15. The molecule has 0 bridgehead atoms. The lowest BCUT2D eigenvalue weighted by Crippen LogP contribution is -2.36. The van der Waals surface area contributed by atoms with Crippen LogP contribution in [-0.2, 0) is 0 Å². The molecule has 0 unspecified atom stereocenters. The van der Waals surface area contributed by atoms with Crippen molar-refractivity contribution in [3.8, 4) is 0 Å². The first-order valence-electron chi connectivity index (χ1n) is 7.23. The summed E-state index contributed by atoms with van der Waals surface area (Å²) in [6.07, 6.45) is 6.21. The lowest BCUT2D eigenvalue weighted by Gasteiger charge is -2.33. The van der Waals surface area contributed by atoms with E-state index in [9.17, 15) is 0 Å². The fourth-order valence-corrected chi connectivity index (χ4v) is 3.08. The molecule has 20 heavy (non-hydrogen) atoms. The second kappa shape index (κ2) is 6.11. The Balaban J connectivity index is 2.43. The number of aromatic nitrogens is 1. The van der Waals surface area contributed by atoms with Gasteiger partial charge in [-0.2, -0.15) is 0 Å². The first-order chi connectivity index (χ1) is 9.54. The molecule has 0 aromatic carbocycles. The van der Waals surface area contributed by atoms with Crippen LogP contribution in [0.5, 0.6) is 0 Å². The minimum atomic E-state index is 0.132. The minimum absolute atomic E-state index is 0.132. The van der Waals surface area contributed by atoms with E-state index >= 15 is 0 Å². The Morgan fingerprint density at radius 1 is 1.35 bits per heavy atom. The van der Waals surface area contributed by atoms with Crippen molar-refractivity contribution in [3.05, 3.63) is 22.9 Å². The van der Waals surface area contributed by atoms with Crippen LogP contribution in [0.1, 0.15) is 48.9 Å². The van der Waals surface area contributed by atoms with Gasteiger partial charge in [-0.05, 0) is 38.3 Å². The lowest BCUT2D eigenvalue weighted by molar-refractivity contribution is 0.318. The molecule has 1 aromatic rings. The van der Waals surface area contributed by atoms with E-state index in [0.717, 1.165) is 22.6 Å². The summed E-state index contributed by atoms with van der Waals surface area (Å²) in [5.74, 6) is 0.956. The van der Waals surface area contributed by atoms with Gasteiger partial charge in [-0.3, -0.25) is 0 Å². The molecule has 110 valence electrons. The molecule has 1 aliphatic carbocycles. The maximum Gasteiger partial charge on any atom is 0.174 e. The van der Waals surface area contributed by atoms with Crippen LogP contribution in [-0.4, -0.2) is 29.1 Å². The van der Waals surface area contributed by atoms with Gasteiger partial charge in [-0.25, -0.2) is 4.98 Å². The molecule has 0 spiro atoms. The summed E-state index contributed by atoms with van der Waals surface area (Å²) in [7, 11) is 2.06. The summed E-state index contributed by atoms with van der Waals surface area (Å²) < 4.78 is 0. The first kappa shape index (κ1) is 14.6. The Bertz CT molecular complexity index is 507. The molecule has 1 aromatic heterocycles. The maximum absolute atomic E-state index is 9.02. The van der Waals surface area contributed by atoms with Crippen LogP contribution < -0.4 is 10.6 Å². The Morgan fingerprint density at radius 2 is 2.00 bits per heavy atom. The zero-order chi connectivity index (χ0) is 14.7. The normalized spacial score (nSPS) is 17.2. The summed E-state index contributed by atoms with van der Waals surface area (Å²) in [6, 6.07) is 2.45. The number of nitrogens with zero attached hydrogens (tertiary/aromatic N) is 3. The van der Waals surface area contributed by atoms with Crippen molar-refractivity contribution in [1.29, 1.82) is 0 Å². The molecule has 0 atom stereocenters. The van der Waals surface area contributed by atoms with Crippen LogP contribution in [0, 0.1) is 13.8 Å². The quantitative estimate of drug-likeness (QED) is 0.385. The number of aryl methyl sites for hydroxylation is 2. The van der Waals surface area contributed by atoms with Gasteiger partial charge in [0.25, 0.3) is 0 Å². The van der Waals surface area contributed by atoms with Crippen molar-refractivity contribution in [2.75, 3.05) is 11.9 Å². The highest BCUT2D eigenvalue weighted by Crippen LogP contribution is 2.28. The molecule has 0 aliphatic heterocycles. The van der Waals surface area contributed by atoms with E-state index in [1.54, 1.807) is 0 Å². The molecule has 5 heteroatoms. The fourth-order valence-electron chi connectivity index (χ4n) is 3.08. The first-order valence-corrected chi connectivity index (χ1v) is 7.23. The predicted molar refractivity (Wildman–Crippen MR) is 81.5 cm³/mol. The zero-order valence-corrected chi connectivity index (χ0v) is 12.6. The van der Waals surface area contributed by atoms with E-state index < -0.39 is 0 Å². The number of hydrogen-bond acceptors (Lipinski definition) is 4. The molecule has 0 saturated heterocycles. The Morgan fingerprint density at radius 3 is 2.60 bits per heavy atom. The topological polar surface area (TPSA) is 74.7 Å². The Kier molecular flexibility index (Phi) is 4.47. The highest BCUT2D eigenvalue weighted by atomic mass is 16.4. The van der Waals surface area contributed by atoms with Gasteiger partial charge in [0.05, 0.1) is 5.56 Å². The second-order valence-electron chi connectivity index (χ2n) is 5.67. The molecule has 3 N–H and O–H groups in total. The average Bonchev–Trinajstić information content (AvgIpc) is 2.46. The van der Waals surface area contributed by atoms with Gasteiger partial charge in [0, 0.05) is 18.8 Å². The fraction of sp³-hybridized carbons (Fsp3) is 0.600. The lowest BCUT2D eigenvalue weighted by atomic mass is 9.94. The molecule has 5 nitrogen and oxygen atoms in total. The van der Waals surface area contributed by atoms with E-state index in [4.69, 9.17) is 10.9 Å². The third-order valence-electron chi connectivity index (χ3n) is 4.15. The summed E-state index contributed by atoms with van der Waals surface area (Å²) in [6.45, 7) is 3.95. The van der Waals surface area contributed by atoms with Gasteiger partial charge in [0.2, 0.25) is 0 Å². The smallest absolute Gasteiger partial charge is 0.174 e. The molecular formula is C15H24N4O. The number of hydrogen-bond donors (Lipinski definition) is 2. The minimum Gasteiger partial charge on any atom is -0.409 e. The standard InChI is InChI=1S/C15H24N4O/c1-10-9-11(2)17-15(13(10)14(16)18-20)19(3)12-7-5-4-6-8-12/h9,12,20H,4-8H2,1-3H3,(H2,16,18). The van der Waals surface area contributed by atoms with Gasteiger partial charge in [0.1, 0.15) is 5.82 Å². The number of nitrogens with two attached hydrogens (primary N) is 1. The van der Waals surface area contributed by atoms with Gasteiger partial charge < -0.3 is 15.8 Å². The maximum atomic E-state index is 9.02. The zero-order valence-electron chi connectivity index (χ0n) is 12.6. The van der Waals surface area contributed by atoms with Gasteiger partial charge in [0.15, 0.2) is 5.84 Å². The van der Waals surface area contributed by atoms with E-state index in [2.05, 4.69) is 22.1 Å². The molecule has 0 radical (unpaired) electrons. The number of amidine groups is 1. The Hall–Kier alpha value is -1.78. The highest BCUT2D eigenvalue weighted by Gasteiger charge is 2.23. The summed E-state index contributed by atoms with van der Waals surface area (Å²) >= 11 is 0. The van der Waals surface area contributed by atoms with Crippen molar-refractivity contribution in [1.82, 2.24) is 4.98 Å². The number of rotatable bonds is 3. The number of anilines is 1. The molecule has 1 saturated carbocycles. The van der Waals surface area contributed by atoms with E-state index in [0.29, 0.717) is 6.04 Å². The summed E-state index contributed by atoms with van der Waals surface area (Å²) in [5.41, 5.74) is 8.53. The summed E-state index contributed by atoms with van der Waals surface area (Å²) in [5, 5.41) is 12.2. The van der Waals surface area contributed by atoms with Crippen LogP contribution in [0.15, 0.2) is 11.2 Å². The predicted octanol–water partition coefficient (Wildman–Crippen LogP) is 2.56. The van der Waals surface area contributed by atoms with Crippen LogP contribution in [0.25, 0.3) is 0 Å². The number of oxime groups is 1. The van der Waals surface area contributed by atoms with E-state index in [1.165, 1.54) is 32.1 Å².